The van der Waals surface area contributed by atoms with Crippen molar-refractivity contribution in [1.82, 2.24) is 20.5 Å². The van der Waals surface area contributed by atoms with Gasteiger partial charge in [-0.25, -0.2) is 4.98 Å². The van der Waals surface area contributed by atoms with Crippen molar-refractivity contribution in [2.75, 3.05) is 44.7 Å². The van der Waals surface area contributed by atoms with E-state index in [4.69, 9.17) is 0 Å². The Morgan fingerprint density at radius 1 is 0.969 bits per heavy atom. The van der Waals surface area contributed by atoms with Gasteiger partial charge in [-0.1, -0.05) is 30.3 Å². The molecule has 3 heterocycles. The van der Waals surface area contributed by atoms with E-state index < -0.39 is 0 Å². The Bertz CT molecular complexity index is 831. The van der Waals surface area contributed by atoms with Crippen LogP contribution in [-0.2, 0) is 6.54 Å². The largest absolute Gasteiger partial charge is 0.357 e. The summed E-state index contributed by atoms with van der Waals surface area (Å²) in [4.78, 5) is 14.0. The number of aliphatic imine (C=N–C) groups is 1. The van der Waals surface area contributed by atoms with Crippen molar-refractivity contribution in [2.24, 2.45) is 4.99 Å². The standard InChI is InChI=1S/C25H36N6.HI/c1-26-25(28-19-21-12-13-27-24(18-21)31-16-6-3-7-17-31)29-20-23(30-14-8-9-15-30)22-10-4-2-5-11-22;/h2,4-5,10-13,18,23H,3,6-9,14-17,19-20H2,1H3,(H2,26,28,29);1H. The number of likely N-dealkylation sites (tertiary alicyclic amines) is 1. The van der Waals surface area contributed by atoms with Crippen LogP contribution in [0.25, 0.3) is 0 Å². The van der Waals surface area contributed by atoms with Crippen molar-refractivity contribution < 1.29 is 0 Å². The third-order valence-electron chi connectivity index (χ3n) is 6.40. The summed E-state index contributed by atoms with van der Waals surface area (Å²) >= 11 is 0. The summed E-state index contributed by atoms with van der Waals surface area (Å²) in [6.45, 7) is 6.16. The first-order chi connectivity index (χ1) is 15.3. The van der Waals surface area contributed by atoms with Gasteiger partial charge in [0.15, 0.2) is 5.96 Å². The number of piperidine rings is 1. The van der Waals surface area contributed by atoms with E-state index in [9.17, 15) is 0 Å². The molecule has 4 rings (SSSR count). The number of rotatable bonds is 7. The molecule has 1 atom stereocenters. The van der Waals surface area contributed by atoms with E-state index in [0.29, 0.717) is 6.04 Å². The van der Waals surface area contributed by atoms with Gasteiger partial charge in [-0.3, -0.25) is 9.89 Å². The summed E-state index contributed by atoms with van der Waals surface area (Å²) in [7, 11) is 1.84. The van der Waals surface area contributed by atoms with Crippen LogP contribution < -0.4 is 15.5 Å². The number of pyridine rings is 1. The van der Waals surface area contributed by atoms with Crippen LogP contribution in [0.5, 0.6) is 0 Å². The molecule has 0 saturated carbocycles. The Balaban J connectivity index is 0.00000289. The zero-order valence-electron chi connectivity index (χ0n) is 19.2. The van der Waals surface area contributed by atoms with Crippen molar-refractivity contribution in [3.63, 3.8) is 0 Å². The average molecular weight is 549 g/mol. The van der Waals surface area contributed by atoms with E-state index in [0.717, 1.165) is 38.0 Å². The number of hydrogen-bond donors (Lipinski definition) is 2. The second kappa shape index (κ2) is 13.0. The van der Waals surface area contributed by atoms with Gasteiger partial charge in [0.25, 0.3) is 0 Å². The van der Waals surface area contributed by atoms with Gasteiger partial charge >= 0.3 is 0 Å². The Morgan fingerprint density at radius 2 is 1.69 bits per heavy atom. The van der Waals surface area contributed by atoms with Gasteiger partial charge in [0.1, 0.15) is 5.82 Å². The van der Waals surface area contributed by atoms with Crippen molar-refractivity contribution >= 4 is 35.8 Å². The Labute approximate surface area is 209 Å². The maximum atomic E-state index is 4.59. The molecule has 1 unspecified atom stereocenters. The highest BCUT2D eigenvalue weighted by Gasteiger charge is 2.23. The molecule has 2 N–H and O–H groups in total. The fourth-order valence-corrected chi connectivity index (χ4v) is 4.65. The summed E-state index contributed by atoms with van der Waals surface area (Å²) in [6, 6.07) is 15.5. The molecule has 1 aromatic heterocycles. The lowest BCUT2D eigenvalue weighted by Crippen LogP contribution is -2.42. The predicted molar refractivity (Wildman–Crippen MR) is 144 cm³/mol. The lowest BCUT2D eigenvalue weighted by atomic mass is 10.1. The molecule has 174 valence electrons. The van der Waals surface area contributed by atoms with Crippen molar-refractivity contribution in [3.05, 3.63) is 59.8 Å². The van der Waals surface area contributed by atoms with Gasteiger partial charge in [-0.2, -0.15) is 0 Å². The molecule has 2 fully saturated rings. The number of halogens is 1. The van der Waals surface area contributed by atoms with Gasteiger partial charge in [-0.15, -0.1) is 24.0 Å². The summed E-state index contributed by atoms with van der Waals surface area (Å²) in [5.74, 6) is 1.94. The highest BCUT2D eigenvalue weighted by Crippen LogP contribution is 2.24. The van der Waals surface area contributed by atoms with Gasteiger partial charge in [-0.05, 0) is 68.5 Å². The third kappa shape index (κ3) is 6.81. The van der Waals surface area contributed by atoms with E-state index in [1.165, 1.54) is 56.3 Å². The molecule has 6 nitrogen and oxygen atoms in total. The first kappa shape index (κ1) is 24.8. The summed E-state index contributed by atoms with van der Waals surface area (Å²) in [5.41, 5.74) is 2.60. The summed E-state index contributed by atoms with van der Waals surface area (Å²) < 4.78 is 0. The molecule has 0 aliphatic carbocycles. The van der Waals surface area contributed by atoms with Crippen LogP contribution in [-0.4, -0.2) is 55.6 Å². The average Bonchev–Trinajstić information content (AvgIpc) is 3.37. The molecule has 2 aromatic rings. The summed E-state index contributed by atoms with van der Waals surface area (Å²) in [6.07, 6.45) is 8.37. The minimum absolute atomic E-state index is 0. The monoisotopic (exact) mass is 548 g/mol. The minimum atomic E-state index is 0. The first-order valence-corrected chi connectivity index (χ1v) is 11.8. The van der Waals surface area contributed by atoms with Crippen molar-refractivity contribution in [3.8, 4) is 0 Å². The second-order valence-electron chi connectivity index (χ2n) is 8.55. The molecule has 0 amide bonds. The third-order valence-corrected chi connectivity index (χ3v) is 6.40. The SMILES string of the molecule is CN=C(NCc1ccnc(N2CCCCC2)c1)NCC(c1ccccc1)N1CCCC1.I. The number of benzene rings is 1. The van der Waals surface area contributed by atoms with Crippen LogP contribution >= 0.6 is 24.0 Å². The smallest absolute Gasteiger partial charge is 0.191 e. The highest BCUT2D eigenvalue weighted by molar-refractivity contribution is 14.0. The molecule has 2 aliphatic heterocycles. The Kier molecular flexibility index (Phi) is 10.1. The topological polar surface area (TPSA) is 55.8 Å². The molecule has 7 heteroatoms. The molecular weight excluding hydrogens is 511 g/mol. The number of nitrogens with one attached hydrogen (secondary N) is 2. The maximum absolute atomic E-state index is 4.59. The summed E-state index contributed by atoms with van der Waals surface area (Å²) in [5, 5.41) is 7.05. The molecule has 0 spiro atoms. The number of hydrogen-bond acceptors (Lipinski definition) is 4. The molecule has 1 aromatic carbocycles. The molecule has 32 heavy (non-hydrogen) atoms. The van der Waals surface area contributed by atoms with Gasteiger partial charge < -0.3 is 15.5 Å². The fourth-order valence-electron chi connectivity index (χ4n) is 4.65. The number of anilines is 1. The molecule has 2 aliphatic rings. The predicted octanol–water partition coefficient (Wildman–Crippen LogP) is 4.19. The van der Waals surface area contributed by atoms with Crippen LogP contribution in [0.15, 0.2) is 53.7 Å². The highest BCUT2D eigenvalue weighted by atomic mass is 127. The zero-order chi connectivity index (χ0) is 21.3. The molecule has 0 radical (unpaired) electrons. The Hall–Kier alpha value is -1.87. The van der Waals surface area contributed by atoms with Gasteiger partial charge in [0, 0.05) is 39.4 Å². The van der Waals surface area contributed by atoms with E-state index in [1.54, 1.807) is 0 Å². The van der Waals surface area contributed by atoms with Crippen LogP contribution in [0, 0.1) is 0 Å². The minimum Gasteiger partial charge on any atom is -0.357 e. The zero-order valence-corrected chi connectivity index (χ0v) is 21.5. The van der Waals surface area contributed by atoms with E-state index >= 15 is 0 Å². The normalized spacial score (nSPS) is 18.2. The van der Waals surface area contributed by atoms with Crippen LogP contribution in [0.1, 0.15) is 49.3 Å². The number of guanidine groups is 1. The fraction of sp³-hybridized carbons (Fsp3) is 0.520. The van der Waals surface area contributed by atoms with Crippen molar-refractivity contribution in [1.29, 1.82) is 0 Å². The van der Waals surface area contributed by atoms with E-state index in [2.05, 4.69) is 72.9 Å². The lowest BCUT2D eigenvalue weighted by molar-refractivity contribution is 0.245. The molecule has 0 bridgehead atoms. The lowest BCUT2D eigenvalue weighted by Gasteiger charge is -2.29. The van der Waals surface area contributed by atoms with Gasteiger partial charge in [0.05, 0.1) is 6.04 Å². The van der Waals surface area contributed by atoms with Crippen LogP contribution in [0.4, 0.5) is 5.82 Å². The molecular formula is C25H37IN6. The van der Waals surface area contributed by atoms with Gasteiger partial charge in [0.2, 0.25) is 0 Å². The van der Waals surface area contributed by atoms with Crippen LogP contribution in [0.2, 0.25) is 0 Å². The van der Waals surface area contributed by atoms with Crippen molar-refractivity contribution in [2.45, 2.75) is 44.7 Å². The number of nitrogens with zero attached hydrogens (tertiary/aromatic N) is 4. The first-order valence-electron chi connectivity index (χ1n) is 11.8. The van der Waals surface area contributed by atoms with E-state index in [-0.39, 0.29) is 24.0 Å². The maximum Gasteiger partial charge on any atom is 0.191 e. The van der Waals surface area contributed by atoms with E-state index in [1.807, 2.05) is 13.2 Å². The quantitative estimate of drug-likeness (QED) is 0.309. The number of aromatic nitrogens is 1. The Morgan fingerprint density at radius 3 is 2.41 bits per heavy atom. The van der Waals surface area contributed by atoms with Crippen LogP contribution in [0.3, 0.4) is 0 Å². The second-order valence-corrected chi connectivity index (χ2v) is 8.55. The molecule has 2 saturated heterocycles.